The highest BCUT2D eigenvalue weighted by Crippen LogP contribution is 2.41. The maximum Gasteiger partial charge on any atom is 0.272 e. The summed E-state index contributed by atoms with van der Waals surface area (Å²) in [6.07, 6.45) is -0.0769. The topological polar surface area (TPSA) is 55.8 Å². The van der Waals surface area contributed by atoms with Crippen LogP contribution < -0.4 is 14.4 Å². The first-order chi connectivity index (χ1) is 14.0. The van der Waals surface area contributed by atoms with Crippen LogP contribution in [0.3, 0.4) is 0 Å². The second-order valence-electron chi connectivity index (χ2n) is 6.67. The zero-order valence-electron chi connectivity index (χ0n) is 17.1. The van der Waals surface area contributed by atoms with Gasteiger partial charge >= 0.3 is 0 Å². The third-order valence-electron chi connectivity index (χ3n) is 4.25. The van der Waals surface area contributed by atoms with Gasteiger partial charge < -0.3 is 9.47 Å². The number of ether oxygens (including phenoxy) is 2. The molecule has 2 aromatic rings. The number of hydrogen-bond donors (Lipinski definition) is 0. The molecule has 0 N–H and O–H groups in total. The molecule has 1 aliphatic heterocycles. The molecule has 0 saturated heterocycles. The number of anilines is 1. The lowest BCUT2D eigenvalue weighted by Crippen LogP contribution is -2.32. The smallest absolute Gasteiger partial charge is 0.272 e. The van der Waals surface area contributed by atoms with Crippen LogP contribution in [0.1, 0.15) is 33.3 Å². The fraction of sp³-hybridized carbons (Fsp3) is 0.304. The third-order valence-corrected chi connectivity index (χ3v) is 5.21. The standard InChI is InChI=1S/C23H25NO4S/c1-5-27-17-13-11-16(12-14-17)20-21(29-6-2)23(26)24(22(20)25)18-9-7-8-10-19(18)28-15(3)4/h7-15H,5-6H2,1-4H3. The van der Waals surface area contributed by atoms with E-state index in [9.17, 15) is 9.59 Å². The molecule has 0 saturated carbocycles. The average molecular weight is 412 g/mol. The summed E-state index contributed by atoms with van der Waals surface area (Å²) in [4.78, 5) is 28.3. The molecule has 0 radical (unpaired) electrons. The summed E-state index contributed by atoms with van der Waals surface area (Å²) in [5.41, 5.74) is 1.59. The lowest BCUT2D eigenvalue weighted by atomic mass is 10.1. The molecule has 0 bridgehead atoms. The molecule has 152 valence electrons. The number of thioether (sulfide) groups is 1. The molecule has 0 fully saturated rings. The van der Waals surface area contributed by atoms with Gasteiger partial charge in [-0.2, -0.15) is 0 Å². The highest BCUT2D eigenvalue weighted by molar-refractivity contribution is 8.04. The van der Waals surface area contributed by atoms with Crippen molar-refractivity contribution in [3.8, 4) is 11.5 Å². The largest absolute Gasteiger partial charge is 0.494 e. The molecular weight excluding hydrogens is 386 g/mol. The Morgan fingerprint density at radius 2 is 1.66 bits per heavy atom. The van der Waals surface area contributed by atoms with Gasteiger partial charge in [0, 0.05) is 0 Å². The molecule has 0 unspecified atom stereocenters. The number of carbonyl (C=O) groups is 2. The number of para-hydroxylation sites is 2. The molecule has 3 rings (SSSR count). The summed E-state index contributed by atoms with van der Waals surface area (Å²) in [7, 11) is 0. The van der Waals surface area contributed by atoms with Crippen molar-refractivity contribution < 1.29 is 19.1 Å². The number of hydrogen-bond acceptors (Lipinski definition) is 5. The van der Waals surface area contributed by atoms with E-state index in [0.717, 1.165) is 5.75 Å². The molecule has 0 atom stereocenters. The minimum absolute atomic E-state index is 0.0769. The third kappa shape index (κ3) is 4.32. The fourth-order valence-corrected chi connectivity index (χ4v) is 3.99. The summed E-state index contributed by atoms with van der Waals surface area (Å²) in [5, 5.41) is 0. The summed E-state index contributed by atoms with van der Waals surface area (Å²) in [6, 6.07) is 14.4. The predicted octanol–water partition coefficient (Wildman–Crippen LogP) is 4.91. The van der Waals surface area contributed by atoms with Gasteiger partial charge in [0.1, 0.15) is 11.5 Å². The molecule has 0 aliphatic carbocycles. The number of benzene rings is 2. The quantitative estimate of drug-likeness (QED) is 0.578. The van der Waals surface area contributed by atoms with Crippen molar-refractivity contribution in [2.75, 3.05) is 17.3 Å². The van der Waals surface area contributed by atoms with Gasteiger partial charge in [-0.1, -0.05) is 31.2 Å². The van der Waals surface area contributed by atoms with Gasteiger partial charge in [-0.3, -0.25) is 9.59 Å². The first kappa shape index (κ1) is 21.0. The Labute approximate surface area is 175 Å². The van der Waals surface area contributed by atoms with Crippen LogP contribution in [0, 0.1) is 0 Å². The minimum atomic E-state index is -0.338. The summed E-state index contributed by atoms with van der Waals surface area (Å²) in [5.74, 6) is 1.27. The van der Waals surface area contributed by atoms with Crippen LogP contribution >= 0.6 is 11.8 Å². The van der Waals surface area contributed by atoms with Gasteiger partial charge in [-0.05, 0) is 56.4 Å². The van der Waals surface area contributed by atoms with E-state index < -0.39 is 0 Å². The van der Waals surface area contributed by atoms with Crippen LogP contribution in [0.5, 0.6) is 11.5 Å². The molecule has 6 heteroatoms. The van der Waals surface area contributed by atoms with E-state index in [-0.39, 0.29) is 17.9 Å². The lowest BCUT2D eigenvalue weighted by Gasteiger charge is -2.20. The summed E-state index contributed by atoms with van der Waals surface area (Å²) in [6.45, 7) is 8.26. The van der Waals surface area contributed by atoms with E-state index in [1.54, 1.807) is 18.2 Å². The molecule has 0 aromatic heterocycles. The minimum Gasteiger partial charge on any atom is -0.494 e. The van der Waals surface area contributed by atoms with Crippen LogP contribution in [0.25, 0.3) is 5.57 Å². The highest BCUT2D eigenvalue weighted by Gasteiger charge is 2.41. The van der Waals surface area contributed by atoms with Crippen LogP contribution in [0.15, 0.2) is 53.4 Å². The zero-order chi connectivity index (χ0) is 21.0. The van der Waals surface area contributed by atoms with Crippen LogP contribution in [0.4, 0.5) is 5.69 Å². The number of amides is 2. The molecule has 0 spiro atoms. The maximum atomic E-state index is 13.4. The average Bonchev–Trinajstić information content (AvgIpc) is 2.93. The van der Waals surface area contributed by atoms with Gasteiger partial charge in [0.05, 0.1) is 28.9 Å². The number of rotatable bonds is 8. The van der Waals surface area contributed by atoms with E-state index in [2.05, 4.69) is 0 Å². The number of nitrogens with zero attached hydrogens (tertiary/aromatic N) is 1. The van der Waals surface area contributed by atoms with E-state index in [1.165, 1.54) is 16.7 Å². The van der Waals surface area contributed by atoms with E-state index in [1.807, 2.05) is 58.0 Å². The monoisotopic (exact) mass is 411 g/mol. The van der Waals surface area contributed by atoms with Crippen molar-refractivity contribution in [2.45, 2.75) is 33.8 Å². The van der Waals surface area contributed by atoms with Crippen molar-refractivity contribution in [3.63, 3.8) is 0 Å². The van der Waals surface area contributed by atoms with Crippen molar-refractivity contribution >= 4 is 34.8 Å². The van der Waals surface area contributed by atoms with E-state index >= 15 is 0 Å². The number of carbonyl (C=O) groups excluding carboxylic acids is 2. The van der Waals surface area contributed by atoms with E-state index in [4.69, 9.17) is 9.47 Å². The molecular formula is C23H25NO4S. The SMILES string of the molecule is CCOc1ccc(C2=C(SCC)C(=O)N(c3ccccc3OC(C)C)C2=O)cc1. The van der Waals surface area contributed by atoms with Gasteiger partial charge in [0.25, 0.3) is 11.8 Å². The van der Waals surface area contributed by atoms with Crippen LogP contribution in [-0.4, -0.2) is 30.3 Å². The molecule has 2 aromatic carbocycles. The lowest BCUT2D eigenvalue weighted by molar-refractivity contribution is -0.119. The molecule has 29 heavy (non-hydrogen) atoms. The first-order valence-corrected chi connectivity index (χ1v) is 10.7. The van der Waals surface area contributed by atoms with Crippen molar-refractivity contribution in [1.29, 1.82) is 0 Å². The number of imide groups is 1. The summed E-state index contributed by atoms with van der Waals surface area (Å²) < 4.78 is 11.3. The van der Waals surface area contributed by atoms with Crippen LogP contribution in [0.2, 0.25) is 0 Å². The van der Waals surface area contributed by atoms with Gasteiger partial charge in [-0.25, -0.2) is 4.90 Å². The Morgan fingerprint density at radius 3 is 2.28 bits per heavy atom. The van der Waals surface area contributed by atoms with Gasteiger partial charge in [-0.15, -0.1) is 11.8 Å². The van der Waals surface area contributed by atoms with Gasteiger partial charge in [0.15, 0.2) is 0 Å². The Hall–Kier alpha value is -2.73. The Balaban J connectivity index is 2.04. The normalized spacial score (nSPS) is 14.2. The highest BCUT2D eigenvalue weighted by atomic mass is 32.2. The second kappa shape index (κ2) is 9.18. The van der Waals surface area contributed by atoms with Crippen LogP contribution in [-0.2, 0) is 9.59 Å². The predicted molar refractivity (Wildman–Crippen MR) is 117 cm³/mol. The summed E-state index contributed by atoms with van der Waals surface area (Å²) >= 11 is 1.38. The Bertz CT molecular complexity index is 934. The van der Waals surface area contributed by atoms with Crippen molar-refractivity contribution in [3.05, 3.63) is 59.0 Å². The molecule has 1 aliphatic rings. The van der Waals surface area contributed by atoms with Gasteiger partial charge in [0.2, 0.25) is 0 Å². The molecule has 1 heterocycles. The van der Waals surface area contributed by atoms with E-state index in [0.29, 0.717) is 39.8 Å². The van der Waals surface area contributed by atoms with Crippen molar-refractivity contribution in [2.24, 2.45) is 0 Å². The fourth-order valence-electron chi connectivity index (χ4n) is 3.14. The molecule has 2 amide bonds. The first-order valence-electron chi connectivity index (χ1n) is 9.72. The molecule has 5 nitrogen and oxygen atoms in total. The Kier molecular flexibility index (Phi) is 6.64. The van der Waals surface area contributed by atoms with Crippen molar-refractivity contribution in [1.82, 2.24) is 0 Å². The zero-order valence-corrected chi connectivity index (χ0v) is 17.9. The second-order valence-corrected chi connectivity index (χ2v) is 7.95. The maximum absolute atomic E-state index is 13.4. The Morgan fingerprint density at radius 1 is 0.966 bits per heavy atom.